The number of hydrogen-bond acceptors (Lipinski definition) is 19. The first kappa shape index (κ1) is 80.4. The van der Waals surface area contributed by atoms with Crippen LogP contribution in [-0.2, 0) is 38.4 Å². The summed E-state index contributed by atoms with van der Waals surface area (Å²) in [6.07, 6.45) is 16.1. The van der Waals surface area contributed by atoms with Gasteiger partial charge in [-0.2, -0.15) is 0 Å². The number of carbonyl (C=O) groups is 4. The number of aliphatic imine (C=N–C) groups is 1. The monoisotopic (exact) mass is 1410 g/mol. The molecule has 24 heteroatoms. The standard InChI is InChI=1S/C27H28N6O2S.C18H19N3S.C18H17N3S.C10H12N2O3.3CH4.B.Na.H/c1-3-17-12-19(14-30-24(17)28)31-25(34)27(35)33-15-16(2)7-9-22(33)18-8-10-23-21(13-18)32-26(36-23)20-6-4-5-11-29-20;2*1-12-5-7-14(20-11-12)13-6-8-17-16(10-13)21-18(22-17)15-4-2-3-9-19-15;1-2-7-3-6(5-12-9(7)11)4-8(13)10(14)15;;;;;;/h4-6,8,10-14,16,22H,3,7,9,15H2,1-2H3,(H2,28,30)(H,31,34);2-4,6,8-10,12,14,20H,5,7,11H2,1H3;2-4,6,8-10,12H,5,7,11H2,1H3;3,5H,2,4H2,1H3,(H2,11,12)(H,14,15);3*1H4;;;/q;;;;;;;;+1;-1/t16-,22+;12-,14+;12-;;;;;;;/m000......./s1. The molecule has 19 nitrogen and oxygen atoms in total. The van der Waals surface area contributed by atoms with Gasteiger partial charge in [-0.15, -0.1) is 34.0 Å². The second-order valence-corrected chi connectivity index (χ2v) is 27.4. The molecule has 0 aliphatic carbocycles. The first-order valence-corrected chi connectivity index (χ1v) is 34.6. The Kier molecular flexibility index (Phi) is 30.4. The number of likely N-dealkylation sites (tertiary alicyclic amines) is 1. The number of rotatable bonds is 12. The number of pyridine rings is 5. The predicted molar refractivity (Wildman–Crippen MR) is 408 cm³/mol. The molecule has 14 rings (SSSR count). The van der Waals surface area contributed by atoms with Crippen LogP contribution in [0.3, 0.4) is 0 Å². The van der Waals surface area contributed by atoms with Gasteiger partial charge in [0.1, 0.15) is 26.7 Å². The largest absolute Gasteiger partial charge is 1.00 e. The van der Waals surface area contributed by atoms with Crippen LogP contribution < -0.4 is 51.7 Å². The van der Waals surface area contributed by atoms with E-state index in [4.69, 9.17) is 36.5 Å². The maximum absolute atomic E-state index is 13.4. The topological polar surface area (TPSA) is 283 Å². The van der Waals surface area contributed by atoms with Gasteiger partial charge in [0.2, 0.25) is 5.78 Å². The number of nitrogens with zero attached hydrogens (tertiary/aromatic N) is 10. The Morgan fingerprint density at radius 3 is 1.64 bits per heavy atom. The molecule has 0 saturated carbocycles. The Hall–Kier alpha value is -8.55. The zero-order valence-electron chi connectivity index (χ0n) is 56.3. The minimum Gasteiger partial charge on any atom is -1.00 e. The summed E-state index contributed by atoms with van der Waals surface area (Å²) in [6.45, 7) is 13.1. The predicted octanol–water partition coefficient (Wildman–Crippen LogP) is 12.9. The van der Waals surface area contributed by atoms with Gasteiger partial charge in [0.25, 0.3) is 0 Å². The summed E-state index contributed by atoms with van der Waals surface area (Å²) in [7, 11) is 0. The number of aliphatic carboxylic acids is 1. The number of ketones is 1. The Morgan fingerprint density at radius 2 is 1.13 bits per heavy atom. The number of nitrogens with two attached hydrogens (primary N) is 2. The molecule has 3 aromatic carbocycles. The summed E-state index contributed by atoms with van der Waals surface area (Å²) in [4.78, 5) is 89.6. The molecule has 0 spiro atoms. The van der Waals surface area contributed by atoms with Gasteiger partial charge in [-0.25, -0.2) is 29.7 Å². The number of thiazole rings is 3. The molecule has 5 atom stereocenters. The summed E-state index contributed by atoms with van der Waals surface area (Å²) < 4.78 is 3.49. The smallest absolute Gasteiger partial charge is 1.00 e. The van der Waals surface area contributed by atoms with Crippen molar-refractivity contribution in [2.75, 3.05) is 36.4 Å². The molecule has 11 aromatic rings. The molecule has 7 N–H and O–H groups in total. The Morgan fingerprint density at radius 1 is 0.610 bits per heavy atom. The number of nitrogen functional groups attached to an aromatic ring is 2. The number of benzene rings is 3. The van der Waals surface area contributed by atoms with Gasteiger partial charge >= 0.3 is 47.3 Å². The van der Waals surface area contributed by atoms with Gasteiger partial charge < -0.3 is 33.5 Å². The van der Waals surface area contributed by atoms with Gasteiger partial charge in [-0.3, -0.25) is 34.3 Å². The maximum atomic E-state index is 13.4. The molecule has 0 unspecified atom stereocenters. The molecular weight excluding hydrogens is 1320 g/mol. The van der Waals surface area contributed by atoms with Crippen LogP contribution in [0.5, 0.6) is 0 Å². The number of hydrogen-bond donors (Lipinski definition) is 5. The van der Waals surface area contributed by atoms with E-state index < -0.39 is 23.6 Å². The molecule has 3 radical (unpaired) electrons. The fraction of sp³-hybridized carbons (Fsp3) is 0.329. The van der Waals surface area contributed by atoms with Crippen molar-refractivity contribution < 1.29 is 55.3 Å². The molecular formula is C76H89BN14NaO5S3. The zero-order chi connectivity index (χ0) is 66.5. The minimum absolute atomic E-state index is 0. The van der Waals surface area contributed by atoms with Crippen LogP contribution in [0.2, 0.25) is 0 Å². The number of aromatic nitrogens is 8. The summed E-state index contributed by atoms with van der Waals surface area (Å²) in [5.41, 5.74) is 24.7. The van der Waals surface area contributed by atoms with Crippen LogP contribution in [0.15, 0.2) is 157 Å². The van der Waals surface area contributed by atoms with E-state index in [1.807, 2.05) is 99.0 Å². The van der Waals surface area contributed by atoms with E-state index in [-0.39, 0.29) is 74.1 Å². The number of fused-ring (bicyclic) bond motifs is 3. The first-order chi connectivity index (χ1) is 46.0. The van der Waals surface area contributed by atoms with E-state index in [0.717, 1.165) is 108 Å². The molecule has 2 saturated heterocycles. The Balaban J connectivity index is 0.000000249. The van der Waals surface area contributed by atoms with E-state index >= 15 is 0 Å². The average molecular weight is 1410 g/mol. The van der Waals surface area contributed by atoms with Crippen molar-refractivity contribution in [3.63, 3.8) is 0 Å². The number of amides is 2. The maximum Gasteiger partial charge on any atom is 1.00 e. The van der Waals surface area contributed by atoms with Crippen molar-refractivity contribution in [3.8, 4) is 32.1 Å². The SMILES string of the molecule is C.C.C.CCc1cc(CC(=O)C(=O)O)cnc1N.CCc1cc(NC(=O)C(=O)N2C[C@@H](C)CC[C@@H]2c2ccc3sc(-c4ccccn4)nc3c2)cnc1N.C[C@H]1CCC(c2ccc3sc(-c4ccccn4)nc3c2)=NC1.C[C@H]1CC[C@H](c2ccc3sc(-c4ccccn4)nc3c2)NC1.[B].[H-].[Na+]. The van der Waals surface area contributed by atoms with Gasteiger partial charge in [0, 0.05) is 64.5 Å². The number of carboxylic acids is 1. The number of anilines is 3. The number of Topliss-reactive ketones (excluding diaryl/α,β-unsaturated/α-hetero) is 1. The van der Waals surface area contributed by atoms with Crippen LogP contribution in [0.1, 0.15) is 142 Å². The van der Waals surface area contributed by atoms with E-state index in [2.05, 4.69) is 92.7 Å². The molecule has 3 aliphatic heterocycles. The average Bonchev–Trinajstić information content (AvgIpc) is 1.61. The first-order valence-electron chi connectivity index (χ1n) is 32.1. The fourth-order valence-electron chi connectivity index (χ4n) is 11.7. The molecule has 8 aromatic heterocycles. The van der Waals surface area contributed by atoms with E-state index in [9.17, 15) is 19.2 Å². The van der Waals surface area contributed by atoms with Crippen molar-refractivity contribution in [1.29, 1.82) is 0 Å². The number of carbonyl (C=O) groups excluding carboxylic acids is 3. The van der Waals surface area contributed by atoms with E-state index in [1.54, 1.807) is 57.2 Å². The fourth-order valence-corrected chi connectivity index (χ4v) is 14.4. The second-order valence-electron chi connectivity index (χ2n) is 24.3. The molecule has 2 fully saturated rings. The molecule has 11 heterocycles. The Bertz CT molecular complexity index is 4560. The van der Waals surface area contributed by atoms with Crippen molar-refractivity contribution in [2.24, 2.45) is 22.7 Å². The molecule has 2 amide bonds. The Labute approximate surface area is 624 Å². The molecule has 3 aliphatic rings. The van der Waals surface area contributed by atoms with Crippen molar-refractivity contribution in [1.82, 2.24) is 50.1 Å². The minimum atomic E-state index is -1.43. The van der Waals surface area contributed by atoms with Crippen LogP contribution in [-0.4, -0.2) is 107 Å². The molecule has 515 valence electrons. The zero-order valence-corrected chi connectivity index (χ0v) is 59.8. The number of aryl methyl sites for hydroxylation is 2. The molecule has 0 bridgehead atoms. The van der Waals surface area contributed by atoms with E-state index in [1.165, 1.54) is 57.9 Å². The third-order valence-corrected chi connectivity index (χ3v) is 20.2. The van der Waals surface area contributed by atoms with Gasteiger partial charge in [0.15, 0.2) is 0 Å². The summed E-state index contributed by atoms with van der Waals surface area (Å²) in [5.74, 6) is -0.837. The third-order valence-electron chi connectivity index (χ3n) is 17.1. The summed E-state index contributed by atoms with van der Waals surface area (Å²) >= 11 is 4.99. The van der Waals surface area contributed by atoms with Crippen LogP contribution in [0, 0.1) is 17.8 Å². The summed E-state index contributed by atoms with van der Waals surface area (Å²) in [5, 5.41) is 17.6. The van der Waals surface area contributed by atoms with Crippen molar-refractivity contribution >= 4 is 120 Å². The number of carboxylic acid groups (broad SMARTS) is 1. The van der Waals surface area contributed by atoms with Crippen LogP contribution in [0.4, 0.5) is 17.3 Å². The van der Waals surface area contributed by atoms with E-state index in [0.29, 0.717) is 60.2 Å². The van der Waals surface area contributed by atoms with Crippen molar-refractivity contribution in [3.05, 3.63) is 186 Å². The third kappa shape index (κ3) is 20.4. The summed E-state index contributed by atoms with van der Waals surface area (Å²) in [6, 6.07) is 40.7. The van der Waals surface area contributed by atoms with Gasteiger partial charge in [0.05, 0.1) is 65.7 Å². The normalized spacial score (nSPS) is 16.8. The quantitative estimate of drug-likeness (QED) is 0.0561. The van der Waals surface area contributed by atoms with Crippen LogP contribution >= 0.6 is 34.0 Å². The van der Waals surface area contributed by atoms with Gasteiger partial charge in [-0.05, 0) is 188 Å². The van der Waals surface area contributed by atoms with Gasteiger partial charge in [-0.1, -0.05) is 99.4 Å². The molecule has 100 heavy (non-hydrogen) atoms. The van der Waals surface area contributed by atoms with Crippen LogP contribution in [0.25, 0.3) is 62.8 Å². The number of piperidine rings is 2. The van der Waals surface area contributed by atoms with Crippen molar-refractivity contribution in [2.45, 2.75) is 127 Å². The number of nitrogens with one attached hydrogen (secondary N) is 2. The second kappa shape index (κ2) is 37.8.